The Morgan fingerprint density at radius 2 is 1.73 bits per heavy atom. The van der Waals surface area contributed by atoms with Gasteiger partial charge in [-0.2, -0.15) is 0 Å². The minimum atomic E-state index is -0.175. The normalized spacial score (nSPS) is 10.6. The number of hydrogen-bond acceptors (Lipinski definition) is 4. The molecule has 1 amide bonds. The molecule has 0 spiro atoms. The molecular formula is C25H22N2O2S. The number of thiazole rings is 1. The number of carbonyl (C=O) groups excluding carboxylic acids is 1. The fourth-order valence-electron chi connectivity index (χ4n) is 2.97. The highest BCUT2D eigenvalue weighted by atomic mass is 32.1. The van der Waals surface area contributed by atoms with Crippen LogP contribution in [0.4, 0.5) is 5.13 Å². The number of aromatic nitrogens is 1. The van der Waals surface area contributed by atoms with Crippen LogP contribution in [0.1, 0.15) is 27.0 Å². The number of nitrogens with zero attached hydrogens (tertiary/aromatic N) is 1. The lowest BCUT2D eigenvalue weighted by atomic mass is 10.1. The van der Waals surface area contributed by atoms with Gasteiger partial charge in [0.05, 0.1) is 5.69 Å². The topological polar surface area (TPSA) is 51.2 Å². The quantitative estimate of drug-likeness (QED) is 0.405. The molecule has 0 saturated carbocycles. The van der Waals surface area contributed by atoms with Crippen LogP contribution in [0, 0.1) is 13.8 Å². The fraction of sp³-hybridized carbons (Fsp3) is 0.120. The van der Waals surface area contributed by atoms with Crippen molar-refractivity contribution in [3.05, 3.63) is 100 Å². The number of rotatable bonds is 6. The highest BCUT2D eigenvalue weighted by Gasteiger charge is 2.11. The standard InChI is InChI=1S/C25H22N2O2S/c1-17-8-11-21(14-18(17)2)23-16-30-25(26-23)27-24(28)20-12-9-19(10-13-20)15-29-22-6-4-3-5-7-22/h3-14,16H,15H2,1-2H3,(H,26,27,28). The summed E-state index contributed by atoms with van der Waals surface area (Å²) in [6.07, 6.45) is 0. The van der Waals surface area contributed by atoms with Gasteiger partial charge in [-0.15, -0.1) is 11.3 Å². The molecule has 3 aromatic carbocycles. The highest BCUT2D eigenvalue weighted by molar-refractivity contribution is 7.14. The molecule has 1 heterocycles. The monoisotopic (exact) mass is 414 g/mol. The van der Waals surface area contributed by atoms with Gasteiger partial charge in [-0.1, -0.05) is 42.5 Å². The second-order valence-corrected chi connectivity index (χ2v) is 7.95. The predicted octanol–water partition coefficient (Wildman–Crippen LogP) is 6.26. The Kier molecular flexibility index (Phi) is 5.91. The van der Waals surface area contributed by atoms with E-state index in [1.165, 1.54) is 22.5 Å². The summed E-state index contributed by atoms with van der Waals surface area (Å²) in [6, 6.07) is 23.3. The molecule has 5 heteroatoms. The summed E-state index contributed by atoms with van der Waals surface area (Å²) in [6.45, 7) is 4.63. The second-order valence-electron chi connectivity index (χ2n) is 7.09. The van der Waals surface area contributed by atoms with Gasteiger partial charge in [0.2, 0.25) is 0 Å². The zero-order valence-electron chi connectivity index (χ0n) is 16.9. The van der Waals surface area contributed by atoms with Crippen LogP contribution in [0.3, 0.4) is 0 Å². The number of para-hydroxylation sites is 1. The third-order valence-corrected chi connectivity index (χ3v) is 5.65. The lowest BCUT2D eigenvalue weighted by Gasteiger charge is -2.07. The van der Waals surface area contributed by atoms with Crippen molar-refractivity contribution in [1.29, 1.82) is 0 Å². The molecule has 4 nitrogen and oxygen atoms in total. The molecule has 4 aromatic rings. The Bertz CT molecular complexity index is 1150. The second kappa shape index (κ2) is 8.93. The molecule has 0 unspecified atom stereocenters. The number of carbonyl (C=O) groups is 1. The molecule has 4 rings (SSSR count). The van der Waals surface area contributed by atoms with Crippen LogP contribution in [-0.2, 0) is 6.61 Å². The summed E-state index contributed by atoms with van der Waals surface area (Å²) < 4.78 is 5.74. The molecule has 0 aliphatic rings. The highest BCUT2D eigenvalue weighted by Crippen LogP contribution is 2.26. The van der Waals surface area contributed by atoms with E-state index in [1.807, 2.05) is 47.8 Å². The van der Waals surface area contributed by atoms with E-state index in [2.05, 4.69) is 42.3 Å². The van der Waals surface area contributed by atoms with Crippen LogP contribution in [-0.4, -0.2) is 10.9 Å². The Morgan fingerprint density at radius 1 is 0.967 bits per heavy atom. The van der Waals surface area contributed by atoms with Gasteiger partial charge >= 0.3 is 0 Å². The van der Waals surface area contributed by atoms with Crippen LogP contribution in [0.25, 0.3) is 11.3 Å². The van der Waals surface area contributed by atoms with E-state index in [0.29, 0.717) is 17.3 Å². The molecule has 0 atom stereocenters. The predicted molar refractivity (Wildman–Crippen MR) is 122 cm³/mol. The van der Waals surface area contributed by atoms with E-state index < -0.39 is 0 Å². The molecule has 150 valence electrons. The van der Waals surface area contributed by atoms with E-state index in [1.54, 1.807) is 12.1 Å². The first-order valence-corrected chi connectivity index (χ1v) is 10.6. The van der Waals surface area contributed by atoms with Crippen molar-refractivity contribution in [2.45, 2.75) is 20.5 Å². The van der Waals surface area contributed by atoms with Gasteiger partial charge in [0.15, 0.2) is 5.13 Å². The number of nitrogens with one attached hydrogen (secondary N) is 1. The Labute approximate surface area is 180 Å². The summed E-state index contributed by atoms with van der Waals surface area (Å²) in [5.74, 6) is 0.647. The maximum absolute atomic E-state index is 12.6. The number of amides is 1. The van der Waals surface area contributed by atoms with Gasteiger partial charge in [0, 0.05) is 16.5 Å². The first-order valence-electron chi connectivity index (χ1n) is 9.70. The van der Waals surface area contributed by atoms with Crippen molar-refractivity contribution < 1.29 is 9.53 Å². The van der Waals surface area contributed by atoms with Crippen molar-refractivity contribution in [3.63, 3.8) is 0 Å². The van der Waals surface area contributed by atoms with Crippen molar-refractivity contribution >= 4 is 22.4 Å². The van der Waals surface area contributed by atoms with Crippen LogP contribution >= 0.6 is 11.3 Å². The molecule has 0 bridgehead atoms. The van der Waals surface area contributed by atoms with E-state index in [4.69, 9.17) is 4.74 Å². The average molecular weight is 415 g/mol. The van der Waals surface area contributed by atoms with Crippen LogP contribution < -0.4 is 10.1 Å². The first-order chi connectivity index (χ1) is 14.6. The number of ether oxygens (including phenoxy) is 1. The number of anilines is 1. The van der Waals surface area contributed by atoms with Gasteiger partial charge in [-0.05, 0) is 60.9 Å². The lowest BCUT2D eigenvalue weighted by molar-refractivity contribution is 0.102. The summed E-state index contributed by atoms with van der Waals surface area (Å²) in [5, 5.41) is 5.44. The molecule has 0 saturated heterocycles. The smallest absolute Gasteiger partial charge is 0.257 e. The number of hydrogen-bond donors (Lipinski definition) is 1. The Morgan fingerprint density at radius 3 is 2.47 bits per heavy atom. The number of benzene rings is 3. The summed E-state index contributed by atoms with van der Waals surface area (Å²) in [4.78, 5) is 17.1. The Hall–Kier alpha value is -3.44. The van der Waals surface area contributed by atoms with E-state index in [-0.39, 0.29) is 5.91 Å². The SMILES string of the molecule is Cc1ccc(-c2csc(NC(=O)c3ccc(COc4ccccc4)cc3)n2)cc1C. The van der Waals surface area contributed by atoms with Gasteiger partial charge in [0.25, 0.3) is 5.91 Å². The van der Waals surface area contributed by atoms with Crippen LogP contribution in [0.2, 0.25) is 0 Å². The third-order valence-electron chi connectivity index (χ3n) is 4.89. The van der Waals surface area contributed by atoms with E-state index in [0.717, 1.165) is 22.6 Å². The molecule has 0 aliphatic heterocycles. The summed E-state index contributed by atoms with van der Waals surface area (Å²) >= 11 is 1.42. The first kappa shape index (κ1) is 19.9. The van der Waals surface area contributed by atoms with Gasteiger partial charge in [0.1, 0.15) is 12.4 Å². The molecule has 1 aromatic heterocycles. The van der Waals surface area contributed by atoms with Crippen molar-refractivity contribution in [3.8, 4) is 17.0 Å². The maximum atomic E-state index is 12.6. The van der Waals surface area contributed by atoms with Gasteiger partial charge in [-0.25, -0.2) is 4.98 Å². The average Bonchev–Trinajstić information content (AvgIpc) is 3.24. The minimum absolute atomic E-state index is 0.175. The molecule has 0 aliphatic carbocycles. The summed E-state index contributed by atoms with van der Waals surface area (Å²) in [5.41, 5.74) is 5.98. The van der Waals surface area contributed by atoms with Gasteiger partial charge in [-0.3, -0.25) is 10.1 Å². The number of aryl methyl sites for hydroxylation is 2. The molecule has 0 radical (unpaired) electrons. The van der Waals surface area contributed by atoms with E-state index in [9.17, 15) is 4.79 Å². The van der Waals surface area contributed by atoms with Gasteiger partial charge < -0.3 is 4.74 Å². The van der Waals surface area contributed by atoms with Crippen molar-refractivity contribution in [1.82, 2.24) is 4.98 Å². The fourth-order valence-corrected chi connectivity index (χ4v) is 3.68. The molecule has 30 heavy (non-hydrogen) atoms. The van der Waals surface area contributed by atoms with E-state index >= 15 is 0 Å². The zero-order valence-corrected chi connectivity index (χ0v) is 17.7. The largest absolute Gasteiger partial charge is 0.489 e. The van der Waals surface area contributed by atoms with Crippen molar-refractivity contribution in [2.24, 2.45) is 0 Å². The lowest BCUT2D eigenvalue weighted by Crippen LogP contribution is -2.11. The Balaban J connectivity index is 1.38. The summed E-state index contributed by atoms with van der Waals surface area (Å²) in [7, 11) is 0. The molecular weight excluding hydrogens is 392 g/mol. The molecule has 0 fully saturated rings. The maximum Gasteiger partial charge on any atom is 0.257 e. The van der Waals surface area contributed by atoms with Crippen LogP contribution in [0.15, 0.2) is 78.2 Å². The molecule has 1 N–H and O–H groups in total. The van der Waals surface area contributed by atoms with Crippen molar-refractivity contribution in [2.75, 3.05) is 5.32 Å². The third kappa shape index (κ3) is 4.75. The minimum Gasteiger partial charge on any atom is -0.489 e. The van der Waals surface area contributed by atoms with Crippen LogP contribution in [0.5, 0.6) is 5.75 Å². The zero-order chi connectivity index (χ0) is 20.9.